The van der Waals surface area contributed by atoms with Gasteiger partial charge in [0, 0.05) is 24.8 Å². The molecule has 4 heteroatoms. The van der Waals surface area contributed by atoms with Gasteiger partial charge in [0.2, 0.25) is 5.91 Å². The topological polar surface area (TPSA) is 42.0 Å². The van der Waals surface area contributed by atoms with Gasteiger partial charge in [0.25, 0.3) is 0 Å². The Hall–Kier alpha value is -1.68. The summed E-state index contributed by atoms with van der Waals surface area (Å²) in [6.07, 6.45) is 2.12. The van der Waals surface area contributed by atoms with E-state index in [1.807, 2.05) is 18.2 Å². The highest BCUT2D eigenvalue weighted by Gasteiger charge is 2.07. The van der Waals surface area contributed by atoms with Crippen LogP contribution in [0.2, 0.25) is 0 Å². The molecule has 0 spiro atoms. The first-order chi connectivity index (χ1) is 10.1. The summed E-state index contributed by atoms with van der Waals surface area (Å²) in [5.74, 6) is 0.557. The molecule has 2 aromatic rings. The molecule has 0 bridgehead atoms. The van der Waals surface area contributed by atoms with Crippen LogP contribution >= 0.6 is 11.3 Å². The van der Waals surface area contributed by atoms with E-state index in [1.54, 1.807) is 11.3 Å². The molecule has 0 fully saturated rings. The molecule has 0 aliphatic carbocycles. The van der Waals surface area contributed by atoms with Gasteiger partial charge in [0.15, 0.2) is 0 Å². The number of carbonyl (C=O) groups is 1. The van der Waals surface area contributed by atoms with Crippen LogP contribution in [0.5, 0.6) is 0 Å². The minimum absolute atomic E-state index is 0.104. The molecular formula is C17H22N2OS. The molecule has 1 aromatic carbocycles. The second-order valence-electron chi connectivity index (χ2n) is 5.41. The van der Waals surface area contributed by atoms with Gasteiger partial charge >= 0.3 is 0 Å². The first kappa shape index (κ1) is 15.7. The summed E-state index contributed by atoms with van der Waals surface area (Å²) in [6.45, 7) is 4.96. The number of benzene rings is 1. The Balaban J connectivity index is 1.67. The number of rotatable bonds is 7. The van der Waals surface area contributed by atoms with E-state index < -0.39 is 0 Å². The van der Waals surface area contributed by atoms with Crippen molar-refractivity contribution in [2.75, 3.05) is 6.54 Å². The number of nitrogens with one attached hydrogen (secondary N) is 1. The SMILES string of the molecule is CC(C)c1csc(CCC(=O)NCCc2ccccc2)n1. The van der Waals surface area contributed by atoms with Crippen LogP contribution in [-0.4, -0.2) is 17.4 Å². The Labute approximate surface area is 130 Å². The highest BCUT2D eigenvalue weighted by Crippen LogP contribution is 2.18. The van der Waals surface area contributed by atoms with Crippen molar-refractivity contribution in [3.8, 4) is 0 Å². The normalized spacial score (nSPS) is 10.8. The number of nitrogens with zero attached hydrogens (tertiary/aromatic N) is 1. The van der Waals surface area contributed by atoms with Crippen LogP contribution < -0.4 is 5.32 Å². The number of aromatic nitrogens is 1. The van der Waals surface area contributed by atoms with Gasteiger partial charge in [-0.15, -0.1) is 11.3 Å². The average molecular weight is 302 g/mol. The third-order valence-electron chi connectivity index (χ3n) is 3.31. The van der Waals surface area contributed by atoms with Crippen LogP contribution in [0.3, 0.4) is 0 Å². The van der Waals surface area contributed by atoms with Crippen LogP contribution in [0.15, 0.2) is 35.7 Å². The third kappa shape index (κ3) is 5.31. The minimum Gasteiger partial charge on any atom is -0.356 e. The maximum absolute atomic E-state index is 11.8. The fraction of sp³-hybridized carbons (Fsp3) is 0.412. The molecule has 1 heterocycles. The first-order valence-corrected chi connectivity index (χ1v) is 8.28. The van der Waals surface area contributed by atoms with Crippen LogP contribution in [0.25, 0.3) is 0 Å². The molecule has 3 nitrogen and oxygen atoms in total. The average Bonchev–Trinajstić information content (AvgIpc) is 2.95. The smallest absolute Gasteiger partial charge is 0.220 e. The summed E-state index contributed by atoms with van der Waals surface area (Å²) in [5.41, 5.74) is 2.37. The lowest BCUT2D eigenvalue weighted by Gasteiger charge is -2.04. The molecule has 0 radical (unpaired) electrons. The third-order valence-corrected chi connectivity index (χ3v) is 4.23. The standard InChI is InChI=1S/C17H22N2OS/c1-13(2)15-12-21-17(19-15)9-8-16(20)18-11-10-14-6-4-3-5-7-14/h3-7,12-13H,8-11H2,1-2H3,(H,18,20). The molecule has 112 valence electrons. The molecule has 0 saturated heterocycles. The van der Waals surface area contributed by atoms with Crippen molar-refractivity contribution in [2.24, 2.45) is 0 Å². The predicted octanol–water partition coefficient (Wildman–Crippen LogP) is 3.56. The monoisotopic (exact) mass is 302 g/mol. The van der Waals surface area contributed by atoms with Gasteiger partial charge in [-0.05, 0) is 17.9 Å². The van der Waals surface area contributed by atoms with E-state index in [2.05, 4.69) is 41.7 Å². The van der Waals surface area contributed by atoms with Crippen LogP contribution in [0.1, 0.15) is 42.5 Å². The van der Waals surface area contributed by atoms with Crippen molar-refractivity contribution in [3.63, 3.8) is 0 Å². The quantitative estimate of drug-likeness (QED) is 0.849. The van der Waals surface area contributed by atoms with Crippen molar-refractivity contribution in [3.05, 3.63) is 52.0 Å². The number of thiazole rings is 1. The highest BCUT2D eigenvalue weighted by molar-refractivity contribution is 7.09. The van der Waals surface area contributed by atoms with Crippen molar-refractivity contribution < 1.29 is 4.79 Å². The zero-order valence-corrected chi connectivity index (χ0v) is 13.5. The van der Waals surface area contributed by atoms with Gasteiger partial charge in [-0.1, -0.05) is 44.2 Å². The van der Waals surface area contributed by atoms with E-state index in [-0.39, 0.29) is 5.91 Å². The van der Waals surface area contributed by atoms with Crippen molar-refractivity contribution in [2.45, 2.75) is 39.0 Å². The maximum Gasteiger partial charge on any atom is 0.220 e. The molecule has 1 amide bonds. The fourth-order valence-corrected chi connectivity index (χ4v) is 2.96. The number of amides is 1. The fourth-order valence-electron chi connectivity index (χ4n) is 2.00. The summed E-state index contributed by atoms with van der Waals surface area (Å²) in [6, 6.07) is 10.2. The Morgan fingerprint density at radius 2 is 2.00 bits per heavy atom. The van der Waals surface area contributed by atoms with Gasteiger partial charge in [-0.2, -0.15) is 0 Å². The maximum atomic E-state index is 11.8. The molecule has 0 unspecified atom stereocenters. The summed E-state index contributed by atoms with van der Waals surface area (Å²) in [5, 5.41) is 6.11. The largest absolute Gasteiger partial charge is 0.356 e. The Bertz CT molecular complexity index is 563. The van der Waals surface area contributed by atoms with Gasteiger partial charge in [-0.25, -0.2) is 4.98 Å². The molecule has 1 N–H and O–H groups in total. The Morgan fingerprint density at radius 1 is 1.24 bits per heavy atom. The van der Waals surface area contributed by atoms with E-state index in [0.29, 0.717) is 18.9 Å². The lowest BCUT2D eigenvalue weighted by molar-refractivity contribution is -0.121. The molecule has 2 rings (SSSR count). The van der Waals surface area contributed by atoms with E-state index in [0.717, 1.165) is 23.5 Å². The lowest BCUT2D eigenvalue weighted by Crippen LogP contribution is -2.25. The summed E-state index contributed by atoms with van der Waals surface area (Å²) in [4.78, 5) is 16.4. The molecule has 0 aliphatic rings. The Kier molecular flexibility index (Phi) is 5.93. The van der Waals surface area contributed by atoms with Crippen LogP contribution in [0.4, 0.5) is 0 Å². The molecule has 0 atom stereocenters. The minimum atomic E-state index is 0.104. The summed E-state index contributed by atoms with van der Waals surface area (Å²) < 4.78 is 0. The highest BCUT2D eigenvalue weighted by atomic mass is 32.1. The van der Waals surface area contributed by atoms with Crippen molar-refractivity contribution >= 4 is 17.2 Å². The zero-order valence-electron chi connectivity index (χ0n) is 12.6. The van der Waals surface area contributed by atoms with Gasteiger partial charge < -0.3 is 5.32 Å². The van der Waals surface area contributed by atoms with Gasteiger partial charge in [0.05, 0.1) is 10.7 Å². The summed E-state index contributed by atoms with van der Waals surface area (Å²) >= 11 is 1.65. The predicted molar refractivity (Wildman–Crippen MR) is 87.7 cm³/mol. The first-order valence-electron chi connectivity index (χ1n) is 7.40. The van der Waals surface area contributed by atoms with Gasteiger partial charge in [0.1, 0.15) is 0 Å². The lowest BCUT2D eigenvalue weighted by atomic mass is 10.1. The second kappa shape index (κ2) is 7.93. The van der Waals surface area contributed by atoms with E-state index >= 15 is 0 Å². The molecular weight excluding hydrogens is 280 g/mol. The van der Waals surface area contributed by atoms with Crippen molar-refractivity contribution in [1.82, 2.24) is 10.3 Å². The van der Waals surface area contributed by atoms with E-state index in [1.165, 1.54) is 5.56 Å². The van der Waals surface area contributed by atoms with Crippen molar-refractivity contribution in [1.29, 1.82) is 0 Å². The number of hydrogen-bond acceptors (Lipinski definition) is 3. The van der Waals surface area contributed by atoms with E-state index in [9.17, 15) is 4.79 Å². The van der Waals surface area contributed by atoms with Crippen LogP contribution in [-0.2, 0) is 17.6 Å². The number of aryl methyl sites for hydroxylation is 1. The summed E-state index contributed by atoms with van der Waals surface area (Å²) in [7, 11) is 0. The second-order valence-corrected chi connectivity index (χ2v) is 6.35. The molecule has 0 aliphatic heterocycles. The van der Waals surface area contributed by atoms with E-state index in [4.69, 9.17) is 0 Å². The molecule has 0 saturated carbocycles. The number of carbonyl (C=O) groups excluding carboxylic acids is 1. The Morgan fingerprint density at radius 3 is 2.67 bits per heavy atom. The van der Waals surface area contributed by atoms with Crippen LogP contribution in [0, 0.1) is 0 Å². The molecule has 1 aromatic heterocycles. The van der Waals surface area contributed by atoms with Gasteiger partial charge in [-0.3, -0.25) is 4.79 Å². The molecule has 21 heavy (non-hydrogen) atoms. The zero-order chi connectivity index (χ0) is 15.1. The number of hydrogen-bond donors (Lipinski definition) is 1.